The van der Waals surface area contributed by atoms with Gasteiger partial charge < -0.3 is 19.9 Å². The van der Waals surface area contributed by atoms with Gasteiger partial charge in [0.25, 0.3) is 11.8 Å². The minimum absolute atomic E-state index is 0.0420. The number of amides is 2. The topological polar surface area (TPSA) is 107 Å². The predicted molar refractivity (Wildman–Crippen MR) is 102 cm³/mol. The molecule has 8 nitrogen and oxygen atoms in total. The van der Waals surface area contributed by atoms with Gasteiger partial charge in [0.2, 0.25) is 5.43 Å². The van der Waals surface area contributed by atoms with Gasteiger partial charge in [-0.15, -0.1) is 0 Å². The van der Waals surface area contributed by atoms with Crippen LogP contribution in [0, 0.1) is 0 Å². The van der Waals surface area contributed by atoms with Gasteiger partial charge in [0.05, 0.1) is 6.54 Å². The molecule has 0 bridgehead atoms. The summed E-state index contributed by atoms with van der Waals surface area (Å²) in [6.45, 7) is 3.30. The molecule has 1 fully saturated rings. The highest BCUT2D eigenvalue weighted by Crippen LogP contribution is 2.28. The van der Waals surface area contributed by atoms with E-state index in [0.29, 0.717) is 6.54 Å². The Hall–Kier alpha value is -3.13. The second-order valence-electron chi connectivity index (χ2n) is 7.16. The smallest absolute Gasteiger partial charge is 0.276 e. The Kier molecular flexibility index (Phi) is 4.64. The first-order valence-electron chi connectivity index (χ1n) is 9.27. The molecule has 0 aliphatic carbocycles. The number of fused-ring (bicyclic) bond motifs is 2. The van der Waals surface area contributed by atoms with Crippen LogP contribution in [0.4, 0.5) is 0 Å². The molecular formula is C20H22N4O4. The average Bonchev–Trinajstić information content (AvgIpc) is 2.68. The van der Waals surface area contributed by atoms with Crippen LogP contribution in [0.3, 0.4) is 0 Å². The molecular weight excluding hydrogens is 360 g/mol. The Morgan fingerprint density at radius 3 is 2.75 bits per heavy atom. The monoisotopic (exact) mass is 382 g/mol. The fraction of sp³-hybridized carbons (Fsp3) is 0.350. The number of nitrogens with one attached hydrogen (secondary N) is 1. The lowest BCUT2D eigenvalue weighted by molar-refractivity contribution is 0.0299. The molecule has 3 heterocycles. The number of ether oxygens (including phenoxy) is 1. The van der Waals surface area contributed by atoms with Crippen molar-refractivity contribution in [1.82, 2.24) is 14.8 Å². The molecule has 0 radical (unpaired) electrons. The maximum Gasteiger partial charge on any atom is 0.276 e. The van der Waals surface area contributed by atoms with E-state index in [1.165, 1.54) is 6.20 Å². The molecule has 1 aromatic heterocycles. The van der Waals surface area contributed by atoms with E-state index in [9.17, 15) is 14.4 Å². The van der Waals surface area contributed by atoms with Crippen LogP contribution in [0.2, 0.25) is 0 Å². The average molecular weight is 382 g/mol. The number of rotatable bonds is 4. The standard InChI is InChI=1S/C20H22N4O4/c1-12-7-8-22-15-10-23-9-14(19(21)26)17(25)18(16(23)20(27)24(12)15)28-11-13-5-3-2-4-6-13/h2-6,9,12,15,22H,7-8,10-11H2,1H3,(H2,21,26). The van der Waals surface area contributed by atoms with E-state index in [1.807, 2.05) is 37.3 Å². The zero-order valence-corrected chi connectivity index (χ0v) is 15.6. The normalized spacial score (nSPS) is 21.0. The number of hydrogen-bond donors (Lipinski definition) is 2. The van der Waals surface area contributed by atoms with Crippen molar-refractivity contribution >= 4 is 11.8 Å². The lowest BCUT2D eigenvalue weighted by Gasteiger charge is -2.45. The Bertz CT molecular complexity index is 986. The maximum absolute atomic E-state index is 13.3. The molecule has 3 N–H and O–H groups in total. The van der Waals surface area contributed by atoms with E-state index in [1.54, 1.807) is 9.47 Å². The molecule has 1 aromatic carbocycles. The first-order valence-corrected chi connectivity index (χ1v) is 9.27. The lowest BCUT2D eigenvalue weighted by Crippen LogP contribution is -2.62. The Morgan fingerprint density at radius 2 is 2.04 bits per heavy atom. The fourth-order valence-corrected chi connectivity index (χ4v) is 3.85. The summed E-state index contributed by atoms with van der Waals surface area (Å²) in [5.74, 6) is -1.25. The van der Waals surface area contributed by atoms with Gasteiger partial charge in [0.1, 0.15) is 18.3 Å². The zero-order valence-electron chi connectivity index (χ0n) is 15.6. The Labute approximate surface area is 161 Å². The summed E-state index contributed by atoms with van der Waals surface area (Å²) in [7, 11) is 0. The van der Waals surface area contributed by atoms with E-state index < -0.39 is 11.3 Å². The van der Waals surface area contributed by atoms with Crippen LogP contribution in [-0.2, 0) is 13.2 Å². The second kappa shape index (κ2) is 7.12. The summed E-state index contributed by atoms with van der Waals surface area (Å²) in [5.41, 5.74) is 5.57. The van der Waals surface area contributed by atoms with Crippen LogP contribution in [-0.4, -0.2) is 40.0 Å². The summed E-state index contributed by atoms with van der Waals surface area (Å²) in [6.07, 6.45) is 1.99. The van der Waals surface area contributed by atoms with E-state index in [2.05, 4.69) is 5.32 Å². The molecule has 2 aromatic rings. The second-order valence-corrected chi connectivity index (χ2v) is 7.16. The Morgan fingerprint density at radius 1 is 1.29 bits per heavy atom. The van der Waals surface area contributed by atoms with Crippen LogP contribution < -0.4 is 21.2 Å². The van der Waals surface area contributed by atoms with E-state index in [-0.39, 0.29) is 41.7 Å². The van der Waals surface area contributed by atoms with Crippen molar-refractivity contribution in [3.8, 4) is 5.75 Å². The van der Waals surface area contributed by atoms with Crippen molar-refractivity contribution in [2.75, 3.05) is 6.54 Å². The third-order valence-electron chi connectivity index (χ3n) is 5.29. The van der Waals surface area contributed by atoms with Gasteiger partial charge in [-0.2, -0.15) is 0 Å². The molecule has 0 saturated carbocycles. The van der Waals surface area contributed by atoms with Gasteiger partial charge >= 0.3 is 0 Å². The molecule has 146 valence electrons. The minimum Gasteiger partial charge on any atom is -0.483 e. The maximum atomic E-state index is 13.3. The first kappa shape index (κ1) is 18.2. The molecule has 1 saturated heterocycles. The summed E-state index contributed by atoms with van der Waals surface area (Å²) < 4.78 is 7.40. The SMILES string of the molecule is CC1CCNC2Cn3cc(C(N)=O)c(=O)c(OCc4ccccc4)c3C(=O)N12. The lowest BCUT2D eigenvalue weighted by atomic mass is 10.0. The zero-order chi connectivity index (χ0) is 19.8. The number of benzene rings is 1. The van der Waals surface area contributed by atoms with Gasteiger partial charge in [-0.1, -0.05) is 30.3 Å². The van der Waals surface area contributed by atoms with Crippen molar-refractivity contribution in [3.63, 3.8) is 0 Å². The Balaban J connectivity index is 1.80. The molecule has 4 rings (SSSR count). The number of aromatic nitrogens is 1. The molecule has 0 spiro atoms. The van der Waals surface area contributed by atoms with Gasteiger partial charge in [0, 0.05) is 12.2 Å². The number of nitrogens with two attached hydrogens (primary N) is 1. The highest BCUT2D eigenvalue weighted by atomic mass is 16.5. The highest BCUT2D eigenvalue weighted by molar-refractivity contribution is 5.99. The van der Waals surface area contributed by atoms with E-state index >= 15 is 0 Å². The van der Waals surface area contributed by atoms with Crippen molar-refractivity contribution in [2.45, 2.75) is 38.7 Å². The molecule has 8 heteroatoms. The van der Waals surface area contributed by atoms with Gasteiger partial charge in [-0.25, -0.2) is 0 Å². The summed E-state index contributed by atoms with van der Waals surface area (Å²) in [5, 5.41) is 3.31. The summed E-state index contributed by atoms with van der Waals surface area (Å²) in [4.78, 5) is 39.7. The number of primary amides is 1. The molecule has 2 amide bonds. The molecule has 2 aliphatic rings. The number of pyridine rings is 1. The van der Waals surface area contributed by atoms with E-state index in [4.69, 9.17) is 10.5 Å². The quantitative estimate of drug-likeness (QED) is 0.809. The van der Waals surface area contributed by atoms with Crippen molar-refractivity contribution in [1.29, 1.82) is 0 Å². The largest absolute Gasteiger partial charge is 0.483 e. The number of carbonyl (C=O) groups excluding carboxylic acids is 2. The first-order chi connectivity index (χ1) is 13.5. The van der Waals surface area contributed by atoms with Crippen LogP contribution in [0.25, 0.3) is 0 Å². The summed E-state index contributed by atoms with van der Waals surface area (Å²) in [6, 6.07) is 9.35. The number of hydrogen-bond acceptors (Lipinski definition) is 5. The van der Waals surface area contributed by atoms with Gasteiger partial charge in [0.15, 0.2) is 11.4 Å². The minimum atomic E-state index is -0.843. The third kappa shape index (κ3) is 3.05. The van der Waals surface area contributed by atoms with Crippen molar-refractivity contribution < 1.29 is 14.3 Å². The van der Waals surface area contributed by atoms with Gasteiger partial charge in [-0.05, 0) is 25.5 Å². The fourth-order valence-electron chi connectivity index (χ4n) is 3.85. The van der Waals surface area contributed by atoms with Crippen LogP contribution >= 0.6 is 0 Å². The number of nitrogens with zero attached hydrogens (tertiary/aromatic N) is 2. The van der Waals surface area contributed by atoms with E-state index in [0.717, 1.165) is 18.5 Å². The highest BCUT2D eigenvalue weighted by Gasteiger charge is 2.40. The predicted octanol–water partition coefficient (Wildman–Crippen LogP) is 0.690. The van der Waals surface area contributed by atoms with Gasteiger partial charge in [-0.3, -0.25) is 19.7 Å². The van der Waals surface area contributed by atoms with Crippen LogP contribution in [0.1, 0.15) is 39.8 Å². The van der Waals surface area contributed by atoms with Crippen molar-refractivity contribution in [3.05, 3.63) is 63.6 Å². The number of carbonyl (C=O) groups is 2. The molecule has 2 aliphatic heterocycles. The van der Waals surface area contributed by atoms with Crippen LogP contribution in [0.5, 0.6) is 5.75 Å². The molecule has 2 unspecified atom stereocenters. The molecule has 2 atom stereocenters. The third-order valence-corrected chi connectivity index (χ3v) is 5.29. The van der Waals surface area contributed by atoms with Crippen LogP contribution in [0.15, 0.2) is 41.3 Å². The molecule has 28 heavy (non-hydrogen) atoms. The van der Waals surface area contributed by atoms with Crippen molar-refractivity contribution in [2.24, 2.45) is 5.73 Å². The summed E-state index contributed by atoms with van der Waals surface area (Å²) >= 11 is 0.